The van der Waals surface area contributed by atoms with Crippen LogP contribution in [0.1, 0.15) is 40.4 Å². The van der Waals surface area contributed by atoms with Crippen LogP contribution >= 0.6 is 0 Å². The van der Waals surface area contributed by atoms with Gasteiger partial charge in [0, 0.05) is 36.9 Å². The first-order chi connectivity index (χ1) is 14.7. The minimum absolute atomic E-state index is 0.886. The molecule has 0 amide bonds. The van der Waals surface area contributed by atoms with Crippen molar-refractivity contribution in [1.29, 1.82) is 0 Å². The largest absolute Gasteiger partial charge is 0.350 e. The average Bonchev–Trinajstić information content (AvgIpc) is 3.06. The Balaban J connectivity index is 1.64. The Labute approximate surface area is 179 Å². The average molecular weight is 396 g/mol. The summed E-state index contributed by atoms with van der Waals surface area (Å²) in [5.74, 6) is 1.12. The number of hydrogen-bond donors (Lipinski definition) is 0. The molecule has 2 aromatic carbocycles. The van der Waals surface area contributed by atoms with Crippen molar-refractivity contribution in [1.82, 2.24) is 9.55 Å². The van der Waals surface area contributed by atoms with Gasteiger partial charge in [-0.05, 0) is 55.0 Å². The van der Waals surface area contributed by atoms with Gasteiger partial charge in [-0.3, -0.25) is 0 Å². The molecule has 0 N–H and O–H groups in total. The summed E-state index contributed by atoms with van der Waals surface area (Å²) in [4.78, 5) is 7.38. The Bertz CT molecular complexity index is 1200. The summed E-state index contributed by atoms with van der Waals surface area (Å²) in [6, 6.07) is 19.9. The Morgan fingerprint density at radius 3 is 2.47 bits per heavy atom. The highest BCUT2D eigenvalue weighted by molar-refractivity contribution is 5.93. The van der Waals surface area contributed by atoms with Crippen LogP contribution in [0.25, 0.3) is 10.9 Å². The van der Waals surface area contributed by atoms with Gasteiger partial charge in [0.1, 0.15) is 0 Å². The second kappa shape index (κ2) is 7.64. The number of nitrogens with zero attached hydrogens (tertiary/aromatic N) is 3. The van der Waals surface area contributed by atoms with Crippen LogP contribution in [0.3, 0.4) is 0 Å². The molecular formula is C27H29N3. The molecule has 5 rings (SSSR count). The van der Waals surface area contributed by atoms with E-state index in [-0.39, 0.29) is 0 Å². The lowest BCUT2D eigenvalue weighted by molar-refractivity contribution is 0.715. The van der Waals surface area contributed by atoms with E-state index >= 15 is 0 Å². The molecule has 3 heteroatoms. The minimum Gasteiger partial charge on any atom is -0.350 e. The maximum Gasteiger partial charge on any atom is 0.153 e. The molecule has 0 unspecified atom stereocenters. The van der Waals surface area contributed by atoms with Gasteiger partial charge in [0.15, 0.2) is 5.82 Å². The topological polar surface area (TPSA) is 21.1 Å². The Morgan fingerprint density at radius 1 is 0.933 bits per heavy atom. The number of aryl methyl sites for hydroxylation is 2. The molecule has 0 spiro atoms. The van der Waals surface area contributed by atoms with Gasteiger partial charge in [0.25, 0.3) is 0 Å². The van der Waals surface area contributed by atoms with E-state index in [9.17, 15) is 0 Å². The standard InChI is InChI=1S/C27H29N3/c1-4-25-20(3)24-13-15-28-27(29-16-14-22-7-5-6-8-23(22)18-29)26(24)30(25)17-21-11-9-19(2)10-12-21/h5-13,15H,4,14,16-18H2,1-3H3. The van der Waals surface area contributed by atoms with E-state index in [4.69, 9.17) is 4.98 Å². The highest BCUT2D eigenvalue weighted by Gasteiger charge is 2.23. The zero-order valence-corrected chi connectivity index (χ0v) is 18.2. The first-order valence-electron chi connectivity index (χ1n) is 11.0. The van der Waals surface area contributed by atoms with E-state index in [2.05, 4.69) is 84.8 Å². The van der Waals surface area contributed by atoms with Crippen molar-refractivity contribution in [2.45, 2.75) is 46.7 Å². The third kappa shape index (κ3) is 3.19. The van der Waals surface area contributed by atoms with Crippen molar-refractivity contribution < 1.29 is 0 Å². The van der Waals surface area contributed by atoms with E-state index in [0.29, 0.717) is 0 Å². The van der Waals surface area contributed by atoms with Crippen LogP contribution < -0.4 is 4.90 Å². The van der Waals surface area contributed by atoms with E-state index in [1.165, 1.54) is 44.4 Å². The van der Waals surface area contributed by atoms with Crippen molar-refractivity contribution in [2.75, 3.05) is 11.4 Å². The molecule has 1 aliphatic heterocycles. The Morgan fingerprint density at radius 2 is 1.70 bits per heavy atom. The Hall–Kier alpha value is -3.07. The lowest BCUT2D eigenvalue weighted by Gasteiger charge is -2.30. The van der Waals surface area contributed by atoms with Gasteiger partial charge in [-0.15, -0.1) is 0 Å². The summed E-state index contributed by atoms with van der Waals surface area (Å²) < 4.78 is 2.51. The normalized spacial score (nSPS) is 13.6. The number of aromatic nitrogens is 2. The number of rotatable bonds is 4. The molecule has 0 bridgehead atoms. The maximum absolute atomic E-state index is 4.91. The first kappa shape index (κ1) is 18.9. The quantitative estimate of drug-likeness (QED) is 0.434. The molecule has 4 aromatic rings. The molecule has 3 heterocycles. The number of hydrogen-bond acceptors (Lipinski definition) is 2. The Kier molecular flexibility index (Phi) is 4.82. The highest BCUT2D eigenvalue weighted by Crippen LogP contribution is 2.34. The fraction of sp³-hybridized carbons (Fsp3) is 0.296. The summed E-state index contributed by atoms with van der Waals surface area (Å²) in [7, 11) is 0. The van der Waals surface area contributed by atoms with E-state index in [1.54, 1.807) is 0 Å². The monoisotopic (exact) mass is 395 g/mol. The second-order valence-electron chi connectivity index (χ2n) is 8.47. The summed E-state index contributed by atoms with van der Waals surface area (Å²) in [6.45, 7) is 9.50. The summed E-state index contributed by atoms with van der Waals surface area (Å²) in [5.41, 5.74) is 9.63. The number of benzene rings is 2. The molecule has 152 valence electrons. The van der Waals surface area contributed by atoms with Crippen LogP contribution in [0.5, 0.6) is 0 Å². The molecule has 0 fully saturated rings. The summed E-state index contributed by atoms with van der Waals surface area (Å²) in [5, 5.41) is 1.34. The van der Waals surface area contributed by atoms with Crippen LogP contribution in [0.2, 0.25) is 0 Å². The van der Waals surface area contributed by atoms with Gasteiger partial charge in [0.2, 0.25) is 0 Å². The molecule has 0 saturated heterocycles. The predicted molar refractivity (Wildman–Crippen MR) is 125 cm³/mol. The minimum atomic E-state index is 0.886. The van der Waals surface area contributed by atoms with E-state index < -0.39 is 0 Å². The zero-order valence-electron chi connectivity index (χ0n) is 18.2. The zero-order chi connectivity index (χ0) is 20.7. The van der Waals surface area contributed by atoms with Crippen molar-refractivity contribution in [3.8, 4) is 0 Å². The molecule has 1 aliphatic rings. The van der Waals surface area contributed by atoms with Crippen molar-refractivity contribution in [3.63, 3.8) is 0 Å². The molecule has 0 saturated carbocycles. The van der Waals surface area contributed by atoms with E-state index in [0.717, 1.165) is 38.3 Å². The summed E-state index contributed by atoms with van der Waals surface area (Å²) in [6.07, 6.45) is 4.09. The fourth-order valence-corrected chi connectivity index (χ4v) is 4.92. The molecule has 0 radical (unpaired) electrons. The van der Waals surface area contributed by atoms with Crippen LogP contribution in [0.15, 0.2) is 60.8 Å². The number of anilines is 1. The highest BCUT2D eigenvalue weighted by atomic mass is 15.2. The van der Waals surface area contributed by atoms with Gasteiger partial charge in [-0.25, -0.2) is 4.98 Å². The number of fused-ring (bicyclic) bond motifs is 2. The molecule has 0 atom stereocenters. The SMILES string of the molecule is CCc1c(C)c2ccnc(N3CCc4ccccc4C3)c2n1Cc1ccc(C)cc1. The lowest BCUT2D eigenvalue weighted by atomic mass is 10.00. The molecule has 0 aliphatic carbocycles. The second-order valence-corrected chi connectivity index (χ2v) is 8.47. The third-order valence-electron chi connectivity index (χ3n) is 6.56. The van der Waals surface area contributed by atoms with Gasteiger partial charge < -0.3 is 9.47 Å². The lowest BCUT2D eigenvalue weighted by Crippen LogP contribution is -2.31. The van der Waals surface area contributed by atoms with Crippen LogP contribution in [0.4, 0.5) is 5.82 Å². The van der Waals surface area contributed by atoms with Gasteiger partial charge in [-0.2, -0.15) is 0 Å². The molecular weight excluding hydrogens is 366 g/mol. The first-order valence-corrected chi connectivity index (χ1v) is 11.0. The number of pyridine rings is 1. The molecule has 3 nitrogen and oxygen atoms in total. The molecule has 30 heavy (non-hydrogen) atoms. The smallest absolute Gasteiger partial charge is 0.153 e. The van der Waals surface area contributed by atoms with Crippen molar-refractivity contribution in [2.24, 2.45) is 0 Å². The van der Waals surface area contributed by atoms with Crippen LogP contribution in [-0.4, -0.2) is 16.1 Å². The van der Waals surface area contributed by atoms with Crippen molar-refractivity contribution >= 4 is 16.7 Å². The van der Waals surface area contributed by atoms with Gasteiger partial charge in [-0.1, -0.05) is 61.0 Å². The van der Waals surface area contributed by atoms with E-state index in [1.807, 2.05) is 6.20 Å². The molecule has 2 aromatic heterocycles. The maximum atomic E-state index is 4.91. The third-order valence-corrected chi connectivity index (χ3v) is 6.56. The predicted octanol–water partition coefficient (Wildman–Crippen LogP) is 5.83. The fourth-order valence-electron chi connectivity index (χ4n) is 4.92. The van der Waals surface area contributed by atoms with Crippen LogP contribution in [-0.2, 0) is 25.9 Å². The van der Waals surface area contributed by atoms with Gasteiger partial charge in [0.05, 0.1) is 5.52 Å². The van der Waals surface area contributed by atoms with Gasteiger partial charge >= 0.3 is 0 Å². The summed E-state index contributed by atoms with van der Waals surface area (Å²) >= 11 is 0. The van der Waals surface area contributed by atoms with Crippen molar-refractivity contribution in [3.05, 3.63) is 94.3 Å². The van der Waals surface area contributed by atoms with Crippen LogP contribution in [0, 0.1) is 13.8 Å².